The zero-order chi connectivity index (χ0) is 11.8. The molecule has 1 atom stereocenters. The van der Waals surface area contributed by atoms with E-state index in [0.29, 0.717) is 6.42 Å². The summed E-state index contributed by atoms with van der Waals surface area (Å²) in [4.78, 5) is 33.0. The summed E-state index contributed by atoms with van der Waals surface area (Å²) in [5, 5.41) is 0. The standard InChI is InChI=1S/C10H14O5/c1-4-6-14-10(13)9(7(3)11)15-8(12)5-2/h5,9H,2,4,6H2,1,3H3. The number of Topliss-reactive ketones (excluding diaryl/α,β-unsaturated/α-hetero) is 1. The van der Waals surface area contributed by atoms with E-state index >= 15 is 0 Å². The van der Waals surface area contributed by atoms with Crippen LogP contribution in [0.4, 0.5) is 0 Å². The molecule has 0 aliphatic rings. The topological polar surface area (TPSA) is 69.7 Å². The lowest BCUT2D eigenvalue weighted by atomic mass is 10.2. The van der Waals surface area contributed by atoms with Crippen molar-refractivity contribution >= 4 is 17.7 Å². The smallest absolute Gasteiger partial charge is 0.355 e. The Morgan fingerprint density at radius 1 is 1.40 bits per heavy atom. The lowest BCUT2D eigenvalue weighted by molar-refractivity contribution is -0.168. The molecule has 0 saturated carbocycles. The fourth-order valence-electron chi connectivity index (χ4n) is 0.740. The molecule has 0 saturated heterocycles. The molecule has 0 aromatic carbocycles. The van der Waals surface area contributed by atoms with Gasteiger partial charge in [-0.25, -0.2) is 9.59 Å². The normalized spacial score (nSPS) is 11.3. The number of carbonyl (C=O) groups is 3. The summed E-state index contributed by atoms with van der Waals surface area (Å²) in [6, 6.07) is 0. The fraction of sp³-hybridized carbons (Fsp3) is 0.500. The molecular formula is C10H14O5. The Morgan fingerprint density at radius 3 is 2.40 bits per heavy atom. The van der Waals surface area contributed by atoms with Gasteiger partial charge < -0.3 is 9.47 Å². The third kappa shape index (κ3) is 4.95. The second kappa shape index (κ2) is 6.75. The van der Waals surface area contributed by atoms with Crippen molar-refractivity contribution in [2.45, 2.75) is 26.4 Å². The second-order valence-electron chi connectivity index (χ2n) is 2.80. The minimum Gasteiger partial charge on any atom is -0.463 e. The molecule has 5 heteroatoms. The molecule has 0 amide bonds. The van der Waals surface area contributed by atoms with Crippen molar-refractivity contribution in [3.63, 3.8) is 0 Å². The van der Waals surface area contributed by atoms with E-state index in [0.717, 1.165) is 13.0 Å². The zero-order valence-corrected chi connectivity index (χ0v) is 8.82. The lowest BCUT2D eigenvalue weighted by Crippen LogP contribution is -2.34. The van der Waals surface area contributed by atoms with Gasteiger partial charge in [0.2, 0.25) is 0 Å². The first-order valence-corrected chi connectivity index (χ1v) is 4.53. The zero-order valence-electron chi connectivity index (χ0n) is 8.82. The monoisotopic (exact) mass is 214 g/mol. The highest BCUT2D eigenvalue weighted by Crippen LogP contribution is 2.00. The molecule has 0 N–H and O–H groups in total. The Balaban J connectivity index is 4.38. The third-order valence-corrected chi connectivity index (χ3v) is 1.43. The summed E-state index contributed by atoms with van der Waals surface area (Å²) in [7, 11) is 0. The molecule has 0 heterocycles. The lowest BCUT2D eigenvalue weighted by Gasteiger charge is -2.12. The molecule has 0 aliphatic heterocycles. The van der Waals surface area contributed by atoms with E-state index in [4.69, 9.17) is 0 Å². The summed E-state index contributed by atoms with van der Waals surface area (Å²) in [6.07, 6.45) is 0.0245. The molecule has 1 unspecified atom stereocenters. The molecule has 84 valence electrons. The molecule has 0 fully saturated rings. The first kappa shape index (κ1) is 13.4. The van der Waals surface area contributed by atoms with Crippen LogP contribution in [0.25, 0.3) is 0 Å². The molecule has 0 aromatic rings. The van der Waals surface area contributed by atoms with E-state index in [1.807, 2.05) is 6.92 Å². The van der Waals surface area contributed by atoms with Gasteiger partial charge in [-0.3, -0.25) is 4.79 Å². The maximum Gasteiger partial charge on any atom is 0.355 e. The maximum atomic E-state index is 11.2. The summed E-state index contributed by atoms with van der Waals surface area (Å²) in [6.45, 7) is 6.30. The van der Waals surface area contributed by atoms with Gasteiger partial charge in [0.15, 0.2) is 5.78 Å². The van der Waals surface area contributed by atoms with E-state index < -0.39 is 23.8 Å². The predicted molar refractivity (Wildman–Crippen MR) is 52.0 cm³/mol. The van der Waals surface area contributed by atoms with Crippen molar-refractivity contribution in [2.24, 2.45) is 0 Å². The average Bonchev–Trinajstić information content (AvgIpc) is 2.21. The van der Waals surface area contributed by atoms with Crippen molar-refractivity contribution in [1.82, 2.24) is 0 Å². The Kier molecular flexibility index (Phi) is 6.01. The Morgan fingerprint density at radius 2 is 2.00 bits per heavy atom. The molecular weight excluding hydrogens is 200 g/mol. The second-order valence-corrected chi connectivity index (χ2v) is 2.80. The largest absolute Gasteiger partial charge is 0.463 e. The van der Waals surface area contributed by atoms with Gasteiger partial charge in [-0.15, -0.1) is 0 Å². The third-order valence-electron chi connectivity index (χ3n) is 1.43. The highest BCUT2D eigenvalue weighted by Gasteiger charge is 2.28. The van der Waals surface area contributed by atoms with E-state index in [1.54, 1.807) is 0 Å². The van der Waals surface area contributed by atoms with Crippen LogP contribution in [0.1, 0.15) is 20.3 Å². The van der Waals surface area contributed by atoms with Crippen molar-refractivity contribution in [3.8, 4) is 0 Å². The van der Waals surface area contributed by atoms with Crippen LogP contribution in [0.5, 0.6) is 0 Å². The van der Waals surface area contributed by atoms with Gasteiger partial charge in [-0.1, -0.05) is 13.5 Å². The first-order valence-electron chi connectivity index (χ1n) is 4.53. The van der Waals surface area contributed by atoms with Crippen LogP contribution in [0.3, 0.4) is 0 Å². The van der Waals surface area contributed by atoms with Gasteiger partial charge in [0.05, 0.1) is 6.61 Å². The van der Waals surface area contributed by atoms with Crippen LogP contribution in [-0.4, -0.2) is 30.4 Å². The Bertz CT molecular complexity index is 269. The first-order chi connectivity index (χ1) is 7.02. The number of hydrogen-bond acceptors (Lipinski definition) is 5. The minimum absolute atomic E-state index is 0.189. The predicted octanol–water partition coefficient (Wildman–Crippen LogP) is 0.626. The van der Waals surface area contributed by atoms with Gasteiger partial charge in [0, 0.05) is 6.08 Å². The minimum atomic E-state index is -1.48. The van der Waals surface area contributed by atoms with Crippen molar-refractivity contribution in [1.29, 1.82) is 0 Å². The van der Waals surface area contributed by atoms with Gasteiger partial charge >= 0.3 is 11.9 Å². The van der Waals surface area contributed by atoms with E-state index in [1.165, 1.54) is 0 Å². The number of rotatable bonds is 6. The van der Waals surface area contributed by atoms with Crippen molar-refractivity contribution in [3.05, 3.63) is 12.7 Å². The highest BCUT2D eigenvalue weighted by molar-refractivity contribution is 6.03. The number of carbonyl (C=O) groups excluding carboxylic acids is 3. The van der Waals surface area contributed by atoms with Crippen LogP contribution in [0.2, 0.25) is 0 Å². The summed E-state index contributed by atoms with van der Waals surface area (Å²) >= 11 is 0. The van der Waals surface area contributed by atoms with E-state index in [2.05, 4.69) is 16.1 Å². The summed E-state index contributed by atoms with van der Waals surface area (Å²) in [5.74, 6) is -2.26. The maximum absolute atomic E-state index is 11.2. The number of esters is 2. The SMILES string of the molecule is C=CC(=O)OC(C(C)=O)C(=O)OCCC. The Hall–Kier alpha value is -1.65. The van der Waals surface area contributed by atoms with Crippen LogP contribution in [0, 0.1) is 0 Å². The quantitative estimate of drug-likeness (QED) is 0.368. The van der Waals surface area contributed by atoms with Crippen molar-refractivity contribution < 1.29 is 23.9 Å². The van der Waals surface area contributed by atoms with Gasteiger partial charge in [-0.2, -0.15) is 0 Å². The summed E-state index contributed by atoms with van der Waals surface area (Å²) in [5.41, 5.74) is 0. The van der Waals surface area contributed by atoms with E-state index in [-0.39, 0.29) is 6.61 Å². The molecule has 0 bridgehead atoms. The van der Waals surface area contributed by atoms with Gasteiger partial charge in [0.25, 0.3) is 6.10 Å². The number of ether oxygens (including phenoxy) is 2. The van der Waals surface area contributed by atoms with Gasteiger partial charge in [0.1, 0.15) is 0 Å². The molecule has 0 aliphatic carbocycles. The number of ketones is 1. The average molecular weight is 214 g/mol. The van der Waals surface area contributed by atoms with Crippen molar-refractivity contribution in [2.75, 3.05) is 6.61 Å². The van der Waals surface area contributed by atoms with Crippen LogP contribution in [-0.2, 0) is 23.9 Å². The summed E-state index contributed by atoms with van der Waals surface area (Å²) < 4.78 is 9.23. The highest BCUT2D eigenvalue weighted by atomic mass is 16.6. The van der Waals surface area contributed by atoms with Crippen LogP contribution in [0.15, 0.2) is 12.7 Å². The Labute approximate surface area is 88.0 Å². The molecule has 5 nitrogen and oxygen atoms in total. The number of hydrogen-bond donors (Lipinski definition) is 0. The molecule has 0 radical (unpaired) electrons. The molecule has 15 heavy (non-hydrogen) atoms. The molecule has 0 spiro atoms. The molecule has 0 aromatic heterocycles. The van der Waals surface area contributed by atoms with E-state index in [9.17, 15) is 14.4 Å². The molecule has 0 rings (SSSR count). The van der Waals surface area contributed by atoms with Gasteiger partial charge in [-0.05, 0) is 13.3 Å². The van der Waals surface area contributed by atoms with Crippen LogP contribution < -0.4 is 0 Å². The fourth-order valence-corrected chi connectivity index (χ4v) is 0.740. The van der Waals surface area contributed by atoms with Crippen LogP contribution >= 0.6 is 0 Å².